The van der Waals surface area contributed by atoms with Gasteiger partial charge in [0.1, 0.15) is 29.7 Å². The van der Waals surface area contributed by atoms with Crippen molar-refractivity contribution < 1.29 is 14.1 Å². The number of aliphatic imine (C=N–C) groups is 1. The molecule has 0 unspecified atom stereocenters. The van der Waals surface area contributed by atoms with Crippen molar-refractivity contribution in [3.05, 3.63) is 134 Å². The number of furan rings is 1. The van der Waals surface area contributed by atoms with E-state index in [2.05, 4.69) is 27.0 Å². The van der Waals surface area contributed by atoms with Crippen LogP contribution in [0.4, 0.5) is 11.6 Å². The lowest BCUT2D eigenvalue weighted by molar-refractivity contribution is -0.384. The van der Waals surface area contributed by atoms with Crippen molar-refractivity contribution in [2.45, 2.75) is 6.61 Å². The van der Waals surface area contributed by atoms with Gasteiger partial charge in [-0.1, -0.05) is 60.7 Å². The molecule has 0 bridgehead atoms. The zero-order valence-electron chi connectivity index (χ0n) is 20.5. The lowest BCUT2D eigenvalue weighted by Crippen LogP contribution is -1.97. The second-order valence-corrected chi connectivity index (χ2v) is 9.34. The summed E-state index contributed by atoms with van der Waals surface area (Å²) < 4.78 is 12.7. The van der Waals surface area contributed by atoms with Crippen LogP contribution < -0.4 is 4.74 Å². The molecule has 7 nitrogen and oxygen atoms in total. The maximum atomic E-state index is 10.8. The van der Waals surface area contributed by atoms with Crippen LogP contribution in [0.1, 0.15) is 16.7 Å². The molecule has 0 aliphatic carbocycles. The lowest BCUT2D eigenvalue weighted by atomic mass is 9.98. The molecule has 0 saturated carbocycles. The molecule has 0 spiro atoms. The van der Waals surface area contributed by atoms with Crippen LogP contribution in [0, 0.1) is 21.4 Å². The van der Waals surface area contributed by atoms with E-state index >= 15 is 0 Å². The third-order valence-corrected chi connectivity index (χ3v) is 6.55. The summed E-state index contributed by atoms with van der Waals surface area (Å²) in [6.45, 7) is 0.256. The normalized spacial score (nSPS) is 10.9. The number of non-ortho nitro benzene ring substituents is 1. The summed E-state index contributed by atoms with van der Waals surface area (Å²) in [7, 11) is 0. The largest absolute Gasteiger partial charge is 0.488 e. The number of ether oxygens (including phenoxy) is 1. The molecular weight excluding hydrogens is 558 g/mol. The Morgan fingerprint density at radius 3 is 2.23 bits per heavy atom. The Bertz CT molecular complexity index is 1690. The van der Waals surface area contributed by atoms with Gasteiger partial charge in [0.2, 0.25) is 5.88 Å². The van der Waals surface area contributed by atoms with E-state index in [0.717, 1.165) is 22.3 Å². The highest BCUT2D eigenvalue weighted by Gasteiger charge is 2.22. The Hall–Kier alpha value is -5.00. The molecule has 0 N–H and O–H groups in total. The number of nitro benzene ring substituents is 1. The first-order valence-corrected chi connectivity index (χ1v) is 12.7. The van der Waals surface area contributed by atoms with Crippen molar-refractivity contribution >= 4 is 33.7 Å². The summed E-state index contributed by atoms with van der Waals surface area (Å²) in [6, 6.07) is 33.3. The zero-order chi connectivity index (χ0) is 27.2. The highest BCUT2D eigenvalue weighted by molar-refractivity contribution is 9.10. The van der Waals surface area contributed by atoms with Gasteiger partial charge in [0.15, 0.2) is 0 Å². The summed E-state index contributed by atoms with van der Waals surface area (Å²) in [6.07, 6.45) is 1.63. The average Bonchev–Trinajstić information content (AvgIpc) is 3.35. The molecule has 39 heavy (non-hydrogen) atoms. The van der Waals surface area contributed by atoms with Crippen LogP contribution in [0.25, 0.3) is 22.5 Å². The summed E-state index contributed by atoms with van der Waals surface area (Å²) in [5.41, 5.74) is 4.40. The number of nitriles is 1. The predicted molar refractivity (Wildman–Crippen MR) is 153 cm³/mol. The zero-order valence-corrected chi connectivity index (χ0v) is 22.0. The number of benzene rings is 4. The number of halogens is 1. The average molecular weight is 578 g/mol. The fourth-order valence-electron chi connectivity index (χ4n) is 4.01. The van der Waals surface area contributed by atoms with Crippen LogP contribution in [-0.4, -0.2) is 11.1 Å². The van der Waals surface area contributed by atoms with Crippen molar-refractivity contribution in [1.82, 2.24) is 0 Å². The molecule has 5 aromatic rings. The first kappa shape index (κ1) is 25.6. The summed E-state index contributed by atoms with van der Waals surface area (Å²) in [5, 5.41) is 20.9. The Morgan fingerprint density at radius 1 is 0.949 bits per heavy atom. The number of rotatable bonds is 8. The highest BCUT2D eigenvalue weighted by atomic mass is 79.9. The van der Waals surface area contributed by atoms with Gasteiger partial charge in [-0.2, -0.15) is 5.26 Å². The smallest absolute Gasteiger partial charge is 0.269 e. The van der Waals surface area contributed by atoms with Crippen LogP contribution in [0.5, 0.6) is 5.75 Å². The van der Waals surface area contributed by atoms with Crippen molar-refractivity contribution in [1.29, 1.82) is 5.26 Å². The van der Waals surface area contributed by atoms with E-state index in [-0.39, 0.29) is 18.2 Å². The second-order valence-electron chi connectivity index (χ2n) is 8.49. The quantitative estimate of drug-likeness (QED) is 0.104. The Morgan fingerprint density at radius 2 is 1.62 bits per heavy atom. The number of nitro groups is 1. The Labute approximate surface area is 232 Å². The molecule has 5 rings (SSSR count). The van der Waals surface area contributed by atoms with Gasteiger partial charge in [0.25, 0.3) is 5.69 Å². The van der Waals surface area contributed by atoms with Crippen molar-refractivity contribution in [3.8, 4) is 34.3 Å². The van der Waals surface area contributed by atoms with Gasteiger partial charge in [0, 0.05) is 29.5 Å². The second kappa shape index (κ2) is 11.6. The molecule has 190 valence electrons. The third-order valence-electron chi connectivity index (χ3n) is 5.93. The molecule has 0 saturated heterocycles. The molecule has 1 heterocycles. The minimum absolute atomic E-state index is 0.0338. The van der Waals surface area contributed by atoms with Gasteiger partial charge in [-0.25, -0.2) is 4.99 Å². The van der Waals surface area contributed by atoms with Gasteiger partial charge in [-0.05, 0) is 63.0 Å². The van der Waals surface area contributed by atoms with Crippen LogP contribution >= 0.6 is 15.9 Å². The van der Waals surface area contributed by atoms with Gasteiger partial charge in [-0.3, -0.25) is 10.1 Å². The molecule has 0 atom stereocenters. The molecule has 0 amide bonds. The first-order chi connectivity index (χ1) is 19.0. The van der Waals surface area contributed by atoms with E-state index in [1.165, 1.54) is 12.1 Å². The van der Waals surface area contributed by atoms with E-state index in [0.29, 0.717) is 27.1 Å². The van der Waals surface area contributed by atoms with Gasteiger partial charge < -0.3 is 9.15 Å². The molecular formula is C31H20BrN3O4. The van der Waals surface area contributed by atoms with Gasteiger partial charge in [0.05, 0.1) is 9.40 Å². The summed E-state index contributed by atoms with van der Waals surface area (Å²) >= 11 is 3.53. The minimum Gasteiger partial charge on any atom is -0.488 e. The monoisotopic (exact) mass is 577 g/mol. The van der Waals surface area contributed by atoms with Crippen LogP contribution in [0.3, 0.4) is 0 Å². The summed E-state index contributed by atoms with van der Waals surface area (Å²) in [4.78, 5) is 14.9. The SMILES string of the molecule is N#Cc1c(N=Cc2ccc(OCc3ccc([N+](=O)[O-])cc3)c(Br)c2)oc(-c2ccccc2)c1-c1ccccc1. The molecule has 0 aliphatic heterocycles. The lowest BCUT2D eigenvalue weighted by Gasteiger charge is -2.09. The van der Waals surface area contributed by atoms with Crippen molar-refractivity contribution in [3.63, 3.8) is 0 Å². The van der Waals surface area contributed by atoms with Crippen LogP contribution in [0.2, 0.25) is 0 Å². The van der Waals surface area contributed by atoms with Gasteiger partial charge >= 0.3 is 0 Å². The number of hydrogen-bond acceptors (Lipinski definition) is 6. The Balaban J connectivity index is 1.40. The van der Waals surface area contributed by atoms with Gasteiger partial charge in [-0.15, -0.1) is 0 Å². The molecule has 0 radical (unpaired) electrons. The summed E-state index contributed by atoms with van der Waals surface area (Å²) in [5.74, 6) is 1.42. The topological polar surface area (TPSA) is 102 Å². The van der Waals surface area contributed by atoms with Crippen molar-refractivity contribution in [2.75, 3.05) is 0 Å². The van der Waals surface area contributed by atoms with E-state index < -0.39 is 4.92 Å². The van der Waals surface area contributed by atoms with E-state index in [4.69, 9.17) is 9.15 Å². The van der Waals surface area contributed by atoms with Crippen LogP contribution in [-0.2, 0) is 6.61 Å². The standard InChI is InChI=1S/C31H20BrN3O4/c32-27-17-22(13-16-28(27)38-20-21-11-14-25(15-12-21)35(36)37)19-34-31-26(18-33)29(23-7-3-1-4-8-23)30(39-31)24-9-5-2-6-10-24/h1-17,19H,20H2. The predicted octanol–water partition coefficient (Wildman–Crippen LogP) is 8.49. The fraction of sp³-hybridized carbons (Fsp3) is 0.0323. The van der Waals surface area contributed by atoms with Crippen molar-refractivity contribution in [2.24, 2.45) is 4.99 Å². The first-order valence-electron chi connectivity index (χ1n) is 11.9. The Kier molecular flexibility index (Phi) is 7.62. The highest BCUT2D eigenvalue weighted by Crippen LogP contribution is 2.42. The maximum Gasteiger partial charge on any atom is 0.269 e. The molecule has 4 aromatic carbocycles. The van der Waals surface area contributed by atoms with E-state index in [9.17, 15) is 15.4 Å². The minimum atomic E-state index is -0.436. The van der Waals surface area contributed by atoms with E-state index in [1.807, 2.05) is 72.8 Å². The molecule has 8 heteroatoms. The third kappa shape index (κ3) is 5.79. The maximum absolute atomic E-state index is 10.8. The molecule has 1 aromatic heterocycles. The fourth-order valence-corrected chi connectivity index (χ4v) is 4.52. The van der Waals surface area contributed by atoms with Crippen LogP contribution in [0.15, 0.2) is 117 Å². The number of hydrogen-bond donors (Lipinski definition) is 0. The number of nitrogens with zero attached hydrogens (tertiary/aromatic N) is 3. The molecule has 0 fully saturated rings. The van der Waals surface area contributed by atoms with E-state index in [1.54, 1.807) is 24.4 Å². The molecule has 0 aliphatic rings.